The predicted molar refractivity (Wildman–Crippen MR) is 108 cm³/mol. The molecule has 0 bridgehead atoms. The third-order valence-corrected chi connectivity index (χ3v) is 4.63. The van der Waals surface area contributed by atoms with Crippen molar-refractivity contribution in [3.05, 3.63) is 75.8 Å². The van der Waals surface area contributed by atoms with E-state index in [9.17, 15) is 24.5 Å². The Kier molecular flexibility index (Phi) is 8.04. The van der Waals surface area contributed by atoms with Gasteiger partial charge in [-0.25, -0.2) is 0 Å². The number of hydrogen-bond acceptors (Lipinski definition) is 6. The number of hydrazine groups is 1. The van der Waals surface area contributed by atoms with Crippen LogP contribution in [0.1, 0.15) is 42.1 Å². The molecule has 2 rings (SSSR count). The first-order chi connectivity index (χ1) is 14.3. The molecular formula is C21H23N3O6. The molecule has 0 unspecified atom stereocenters. The van der Waals surface area contributed by atoms with Crippen LogP contribution in [0.15, 0.2) is 54.6 Å². The summed E-state index contributed by atoms with van der Waals surface area (Å²) in [5, 5.41) is 10.6. The van der Waals surface area contributed by atoms with Crippen molar-refractivity contribution >= 4 is 23.5 Å². The summed E-state index contributed by atoms with van der Waals surface area (Å²) in [5.41, 5.74) is 5.09. The monoisotopic (exact) mass is 413 g/mol. The van der Waals surface area contributed by atoms with Gasteiger partial charge in [0.05, 0.1) is 10.8 Å². The van der Waals surface area contributed by atoms with Gasteiger partial charge in [-0.15, -0.1) is 0 Å². The normalized spacial score (nSPS) is 12.3. The van der Waals surface area contributed by atoms with E-state index in [0.29, 0.717) is 0 Å². The second kappa shape index (κ2) is 10.7. The lowest BCUT2D eigenvalue weighted by Gasteiger charge is -2.21. The predicted octanol–water partition coefficient (Wildman–Crippen LogP) is 2.73. The smallest absolute Gasteiger partial charge is 0.314 e. The Morgan fingerprint density at radius 1 is 1.03 bits per heavy atom. The van der Waals surface area contributed by atoms with Gasteiger partial charge in [0, 0.05) is 17.7 Å². The molecular weight excluding hydrogens is 390 g/mol. The van der Waals surface area contributed by atoms with Crippen LogP contribution in [-0.2, 0) is 14.3 Å². The quantitative estimate of drug-likeness (QED) is 0.389. The van der Waals surface area contributed by atoms with E-state index in [2.05, 4.69) is 10.9 Å². The number of amides is 2. The fraction of sp³-hybridized carbons (Fsp3) is 0.286. The zero-order valence-electron chi connectivity index (χ0n) is 16.7. The molecule has 0 saturated heterocycles. The minimum Gasteiger partial charge on any atom is -0.455 e. The molecule has 9 heteroatoms. The highest BCUT2D eigenvalue weighted by molar-refractivity contribution is 5.95. The van der Waals surface area contributed by atoms with Gasteiger partial charge in [0.15, 0.2) is 6.61 Å². The standard InChI is InChI=1S/C21H23N3O6/c1-3-14(2)19(15-7-5-4-6-8-15)21(27)30-13-18(25)22-23-20(26)16-9-11-17(12-10-16)24(28)29/h4-12,14,19H,3,13H2,1-2H3,(H,22,25)(H,23,26)/t14-,19-/m0/s1. The Bertz CT molecular complexity index is 899. The number of carbonyl (C=O) groups is 3. The highest BCUT2D eigenvalue weighted by Crippen LogP contribution is 2.28. The molecule has 2 atom stereocenters. The summed E-state index contributed by atoms with van der Waals surface area (Å²) in [4.78, 5) is 46.5. The third kappa shape index (κ3) is 6.13. The third-order valence-electron chi connectivity index (χ3n) is 4.63. The average Bonchev–Trinajstić information content (AvgIpc) is 2.76. The average molecular weight is 413 g/mol. The molecule has 2 N–H and O–H groups in total. The molecule has 0 spiro atoms. The van der Waals surface area contributed by atoms with E-state index in [1.165, 1.54) is 24.3 Å². The van der Waals surface area contributed by atoms with Crippen LogP contribution >= 0.6 is 0 Å². The number of benzene rings is 2. The van der Waals surface area contributed by atoms with Crippen LogP contribution in [0.2, 0.25) is 0 Å². The molecule has 0 aliphatic rings. The van der Waals surface area contributed by atoms with Crippen LogP contribution in [0.4, 0.5) is 5.69 Å². The minimum atomic E-state index is -0.713. The largest absolute Gasteiger partial charge is 0.455 e. The molecule has 0 fully saturated rings. The van der Waals surface area contributed by atoms with Crippen LogP contribution in [0.3, 0.4) is 0 Å². The van der Waals surface area contributed by atoms with E-state index in [4.69, 9.17) is 4.74 Å². The number of carbonyl (C=O) groups excluding carboxylic acids is 3. The van der Waals surface area contributed by atoms with Crippen molar-refractivity contribution in [1.29, 1.82) is 0 Å². The highest BCUT2D eigenvalue weighted by Gasteiger charge is 2.27. The van der Waals surface area contributed by atoms with Crippen LogP contribution in [0.5, 0.6) is 0 Å². The topological polar surface area (TPSA) is 128 Å². The lowest BCUT2D eigenvalue weighted by atomic mass is 9.86. The van der Waals surface area contributed by atoms with E-state index in [1.807, 2.05) is 44.2 Å². The lowest BCUT2D eigenvalue weighted by molar-refractivity contribution is -0.384. The Morgan fingerprint density at radius 3 is 2.23 bits per heavy atom. The molecule has 9 nitrogen and oxygen atoms in total. The first-order valence-corrected chi connectivity index (χ1v) is 9.38. The van der Waals surface area contributed by atoms with Gasteiger partial charge in [0.25, 0.3) is 17.5 Å². The summed E-state index contributed by atoms with van der Waals surface area (Å²) < 4.78 is 5.15. The van der Waals surface area contributed by atoms with Crippen LogP contribution in [-0.4, -0.2) is 29.3 Å². The van der Waals surface area contributed by atoms with Crippen molar-refractivity contribution in [3.8, 4) is 0 Å². The molecule has 0 radical (unpaired) electrons. The SMILES string of the molecule is CC[C@H](C)[C@H](C(=O)OCC(=O)NNC(=O)c1ccc([N+](=O)[O-])cc1)c1ccccc1. The number of non-ortho nitro benzene ring substituents is 1. The maximum atomic E-state index is 12.6. The number of nitrogens with one attached hydrogen (secondary N) is 2. The molecule has 2 amide bonds. The van der Waals surface area contributed by atoms with Crippen molar-refractivity contribution in [2.75, 3.05) is 6.61 Å². The van der Waals surface area contributed by atoms with Gasteiger partial charge in [0.2, 0.25) is 0 Å². The molecule has 2 aromatic carbocycles. The first-order valence-electron chi connectivity index (χ1n) is 9.38. The van der Waals surface area contributed by atoms with Crippen LogP contribution in [0.25, 0.3) is 0 Å². The molecule has 0 aliphatic carbocycles. The maximum Gasteiger partial charge on any atom is 0.314 e. The van der Waals surface area contributed by atoms with Gasteiger partial charge in [-0.05, 0) is 23.6 Å². The Balaban J connectivity index is 1.87. The molecule has 0 saturated carbocycles. The Labute approximate surface area is 173 Å². The zero-order chi connectivity index (χ0) is 22.1. The molecule has 2 aromatic rings. The van der Waals surface area contributed by atoms with E-state index in [1.54, 1.807) is 0 Å². The number of esters is 1. The van der Waals surface area contributed by atoms with Gasteiger partial charge < -0.3 is 4.74 Å². The fourth-order valence-corrected chi connectivity index (χ4v) is 2.79. The summed E-state index contributed by atoms with van der Waals surface area (Å²) in [6, 6.07) is 14.1. The van der Waals surface area contributed by atoms with Crippen molar-refractivity contribution in [1.82, 2.24) is 10.9 Å². The summed E-state index contributed by atoms with van der Waals surface area (Å²) in [6.07, 6.45) is 0.756. The number of ether oxygens (including phenoxy) is 1. The molecule has 158 valence electrons. The van der Waals surface area contributed by atoms with Gasteiger partial charge >= 0.3 is 5.97 Å². The second-order valence-corrected chi connectivity index (χ2v) is 6.69. The molecule has 30 heavy (non-hydrogen) atoms. The summed E-state index contributed by atoms with van der Waals surface area (Å²) in [6.45, 7) is 3.34. The van der Waals surface area contributed by atoms with Gasteiger partial charge in [-0.1, -0.05) is 50.6 Å². The lowest BCUT2D eigenvalue weighted by Crippen LogP contribution is -2.43. The number of rotatable bonds is 8. The minimum absolute atomic E-state index is 0.0183. The van der Waals surface area contributed by atoms with Crippen LogP contribution in [0, 0.1) is 16.0 Å². The van der Waals surface area contributed by atoms with Crippen molar-refractivity contribution in [2.24, 2.45) is 5.92 Å². The van der Waals surface area contributed by atoms with E-state index < -0.39 is 35.2 Å². The van der Waals surface area contributed by atoms with Crippen LogP contribution < -0.4 is 10.9 Å². The Hall–Kier alpha value is -3.75. The van der Waals surface area contributed by atoms with Gasteiger partial charge in [-0.3, -0.25) is 35.3 Å². The van der Waals surface area contributed by atoms with Crippen molar-refractivity contribution in [2.45, 2.75) is 26.2 Å². The molecule has 0 aliphatic heterocycles. The molecule has 0 aromatic heterocycles. The first kappa shape index (κ1) is 22.5. The molecule has 0 heterocycles. The van der Waals surface area contributed by atoms with Gasteiger partial charge in [-0.2, -0.15) is 0 Å². The summed E-state index contributed by atoms with van der Waals surface area (Å²) in [5.74, 6) is -2.38. The second-order valence-electron chi connectivity index (χ2n) is 6.69. The number of nitrogens with zero attached hydrogens (tertiary/aromatic N) is 1. The maximum absolute atomic E-state index is 12.6. The fourth-order valence-electron chi connectivity index (χ4n) is 2.79. The van der Waals surface area contributed by atoms with E-state index in [-0.39, 0.29) is 17.2 Å². The number of nitro groups is 1. The van der Waals surface area contributed by atoms with Gasteiger partial charge in [0.1, 0.15) is 0 Å². The van der Waals surface area contributed by atoms with Crippen molar-refractivity contribution < 1.29 is 24.0 Å². The number of hydrogen-bond donors (Lipinski definition) is 2. The number of nitro benzene ring substituents is 1. The van der Waals surface area contributed by atoms with Crippen molar-refractivity contribution in [3.63, 3.8) is 0 Å². The Morgan fingerprint density at radius 2 is 1.67 bits per heavy atom. The summed E-state index contributed by atoms with van der Waals surface area (Å²) in [7, 11) is 0. The van der Waals surface area contributed by atoms with E-state index in [0.717, 1.165) is 12.0 Å². The summed E-state index contributed by atoms with van der Waals surface area (Å²) >= 11 is 0. The zero-order valence-corrected chi connectivity index (χ0v) is 16.7. The van der Waals surface area contributed by atoms with E-state index >= 15 is 0 Å². The highest BCUT2D eigenvalue weighted by atomic mass is 16.6.